The number of anilines is 1. The third-order valence-electron chi connectivity index (χ3n) is 3.64. The summed E-state index contributed by atoms with van der Waals surface area (Å²) in [7, 11) is 0. The third kappa shape index (κ3) is 3.90. The second-order valence-corrected chi connectivity index (χ2v) is 5.73. The van der Waals surface area contributed by atoms with Gasteiger partial charge in [-0.15, -0.1) is 0 Å². The Balaban J connectivity index is 1.73. The van der Waals surface area contributed by atoms with Crippen LogP contribution in [0.3, 0.4) is 0 Å². The van der Waals surface area contributed by atoms with Crippen molar-refractivity contribution in [2.24, 2.45) is 0 Å². The van der Waals surface area contributed by atoms with Gasteiger partial charge >= 0.3 is 0 Å². The zero-order chi connectivity index (χ0) is 16.9. The Labute approximate surface area is 144 Å². The molecule has 2 heterocycles. The summed E-state index contributed by atoms with van der Waals surface area (Å²) in [6, 6.07) is 9.87. The Morgan fingerprint density at radius 3 is 2.54 bits per heavy atom. The molecule has 24 heavy (non-hydrogen) atoms. The molecule has 2 amide bonds. The number of benzene rings is 1. The van der Waals surface area contributed by atoms with Gasteiger partial charge in [0.05, 0.1) is 13.2 Å². The van der Waals surface area contributed by atoms with Gasteiger partial charge < -0.3 is 15.0 Å². The lowest BCUT2D eigenvalue weighted by atomic mass is 10.2. The van der Waals surface area contributed by atoms with Crippen molar-refractivity contribution in [2.45, 2.75) is 0 Å². The normalized spacial score (nSPS) is 14.3. The lowest BCUT2D eigenvalue weighted by molar-refractivity contribution is 0.0303. The van der Waals surface area contributed by atoms with Crippen LogP contribution < -0.4 is 5.32 Å². The zero-order valence-corrected chi connectivity index (χ0v) is 13.6. The summed E-state index contributed by atoms with van der Waals surface area (Å²) in [6.07, 6.45) is 1.46. The van der Waals surface area contributed by atoms with Gasteiger partial charge in [-0.3, -0.25) is 14.6 Å². The first kappa shape index (κ1) is 16.4. The maximum atomic E-state index is 12.5. The van der Waals surface area contributed by atoms with Crippen LogP contribution in [0.2, 0.25) is 5.02 Å². The van der Waals surface area contributed by atoms with Crippen LogP contribution >= 0.6 is 11.6 Å². The van der Waals surface area contributed by atoms with Crippen molar-refractivity contribution in [3.05, 3.63) is 58.9 Å². The molecular formula is C17H16ClN3O3. The van der Waals surface area contributed by atoms with Crippen molar-refractivity contribution in [3.8, 4) is 0 Å². The average molecular weight is 346 g/mol. The molecule has 1 aliphatic heterocycles. The number of amides is 2. The number of rotatable bonds is 3. The summed E-state index contributed by atoms with van der Waals surface area (Å²) in [4.78, 5) is 30.5. The monoisotopic (exact) mass is 345 g/mol. The highest BCUT2D eigenvalue weighted by Gasteiger charge is 2.20. The van der Waals surface area contributed by atoms with Crippen molar-refractivity contribution >= 4 is 29.1 Å². The standard InChI is InChI=1S/C17H16ClN3O3/c18-13-1-3-14(4-2-13)20-16(22)15-11-12(5-6-19-15)17(23)21-7-9-24-10-8-21/h1-6,11H,7-10H2,(H,20,22). The van der Waals surface area contributed by atoms with Gasteiger partial charge in [-0.2, -0.15) is 0 Å². The molecule has 1 fully saturated rings. The fraction of sp³-hybridized carbons (Fsp3) is 0.235. The number of morpholine rings is 1. The van der Waals surface area contributed by atoms with Crippen LogP contribution in [0.5, 0.6) is 0 Å². The number of carbonyl (C=O) groups excluding carboxylic acids is 2. The quantitative estimate of drug-likeness (QED) is 0.927. The predicted molar refractivity (Wildman–Crippen MR) is 90.4 cm³/mol. The third-order valence-corrected chi connectivity index (χ3v) is 3.89. The van der Waals surface area contributed by atoms with Gasteiger partial charge in [-0.1, -0.05) is 11.6 Å². The lowest BCUT2D eigenvalue weighted by Gasteiger charge is -2.26. The predicted octanol–water partition coefficient (Wildman–Crippen LogP) is 2.46. The van der Waals surface area contributed by atoms with E-state index >= 15 is 0 Å². The number of halogens is 1. The largest absolute Gasteiger partial charge is 0.378 e. The molecule has 1 N–H and O–H groups in total. The smallest absolute Gasteiger partial charge is 0.274 e. The molecule has 0 saturated carbocycles. The SMILES string of the molecule is O=C(Nc1ccc(Cl)cc1)c1cc(C(=O)N2CCOCC2)ccn1. The molecule has 1 saturated heterocycles. The second-order valence-electron chi connectivity index (χ2n) is 5.30. The molecule has 6 nitrogen and oxygen atoms in total. The molecule has 2 aromatic rings. The molecule has 1 aromatic carbocycles. The van der Waals surface area contributed by atoms with Crippen LogP contribution in [0.25, 0.3) is 0 Å². The van der Waals surface area contributed by atoms with Crippen LogP contribution in [0.15, 0.2) is 42.6 Å². The summed E-state index contributed by atoms with van der Waals surface area (Å²) < 4.78 is 5.24. The summed E-state index contributed by atoms with van der Waals surface area (Å²) in [5.74, 6) is -0.504. The highest BCUT2D eigenvalue weighted by Crippen LogP contribution is 2.15. The number of ether oxygens (including phenoxy) is 1. The molecule has 3 rings (SSSR count). The first-order chi connectivity index (χ1) is 11.6. The molecule has 0 unspecified atom stereocenters. The highest BCUT2D eigenvalue weighted by molar-refractivity contribution is 6.30. The lowest BCUT2D eigenvalue weighted by Crippen LogP contribution is -2.40. The summed E-state index contributed by atoms with van der Waals surface area (Å²) in [5, 5.41) is 3.31. The second kappa shape index (κ2) is 7.42. The van der Waals surface area contributed by atoms with Crippen LogP contribution in [-0.2, 0) is 4.74 Å². The zero-order valence-electron chi connectivity index (χ0n) is 12.9. The van der Waals surface area contributed by atoms with Crippen molar-refractivity contribution in [3.63, 3.8) is 0 Å². The van der Waals surface area contributed by atoms with Crippen molar-refractivity contribution < 1.29 is 14.3 Å². The van der Waals surface area contributed by atoms with E-state index < -0.39 is 0 Å². The van der Waals surface area contributed by atoms with Gasteiger partial charge in [0.25, 0.3) is 11.8 Å². The molecular weight excluding hydrogens is 330 g/mol. The Morgan fingerprint density at radius 2 is 1.83 bits per heavy atom. The molecule has 1 aliphatic rings. The fourth-order valence-electron chi connectivity index (χ4n) is 2.37. The Kier molecular flexibility index (Phi) is 5.08. The summed E-state index contributed by atoms with van der Waals surface area (Å²) >= 11 is 5.82. The number of nitrogens with zero attached hydrogens (tertiary/aromatic N) is 2. The maximum Gasteiger partial charge on any atom is 0.274 e. The first-order valence-electron chi connectivity index (χ1n) is 7.53. The summed E-state index contributed by atoms with van der Waals surface area (Å²) in [6.45, 7) is 2.16. The van der Waals surface area contributed by atoms with Crippen molar-refractivity contribution in [2.75, 3.05) is 31.6 Å². The van der Waals surface area contributed by atoms with Gasteiger partial charge in [0.1, 0.15) is 5.69 Å². The Bertz CT molecular complexity index is 743. The number of nitrogens with one attached hydrogen (secondary N) is 1. The van der Waals surface area contributed by atoms with Gasteiger partial charge in [-0.25, -0.2) is 0 Å². The molecule has 0 radical (unpaired) electrons. The van der Waals surface area contributed by atoms with Gasteiger partial charge in [0, 0.05) is 35.6 Å². The van der Waals surface area contributed by atoms with E-state index in [0.29, 0.717) is 42.6 Å². The topological polar surface area (TPSA) is 71.5 Å². The molecule has 0 bridgehead atoms. The van der Waals surface area contributed by atoms with Gasteiger partial charge in [0.2, 0.25) is 0 Å². The number of hydrogen-bond donors (Lipinski definition) is 1. The van der Waals surface area contributed by atoms with Crippen LogP contribution in [0.4, 0.5) is 5.69 Å². The van der Waals surface area contributed by atoms with E-state index in [0.717, 1.165) is 0 Å². The Hall–Kier alpha value is -2.44. The molecule has 1 aromatic heterocycles. The van der Waals surface area contributed by atoms with E-state index in [9.17, 15) is 9.59 Å². The van der Waals surface area contributed by atoms with E-state index in [1.807, 2.05) is 0 Å². The van der Waals surface area contributed by atoms with Crippen LogP contribution in [0.1, 0.15) is 20.8 Å². The Morgan fingerprint density at radius 1 is 1.12 bits per heavy atom. The minimum Gasteiger partial charge on any atom is -0.378 e. The van der Waals surface area contributed by atoms with Gasteiger partial charge in [-0.05, 0) is 36.4 Å². The van der Waals surface area contributed by atoms with Gasteiger partial charge in [0.15, 0.2) is 0 Å². The number of hydrogen-bond acceptors (Lipinski definition) is 4. The minimum absolute atomic E-state index is 0.124. The molecule has 0 aliphatic carbocycles. The fourth-order valence-corrected chi connectivity index (χ4v) is 2.49. The molecule has 0 atom stereocenters. The van der Waals surface area contributed by atoms with E-state index in [1.165, 1.54) is 12.3 Å². The van der Waals surface area contributed by atoms with E-state index in [2.05, 4.69) is 10.3 Å². The van der Waals surface area contributed by atoms with Crippen molar-refractivity contribution in [1.29, 1.82) is 0 Å². The average Bonchev–Trinajstić information content (AvgIpc) is 2.64. The number of aromatic nitrogens is 1. The highest BCUT2D eigenvalue weighted by atomic mass is 35.5. The van der Waals surface area contributed by atoms with E-state index in [4.69, 9.17) is 16.3 Å². The van der Waals surface area contributed by atoms with Crippen LogP contribution in [0, 0.1) is 0 Å². The minimum atomic E-state index is -0.381. The molecule has 0 spiro atoms. The number of pyridine rings is 1. The van der Waals surface area contributed by atoms with Crippen LogP contribution in [-0.4, -0.2) is 48.0 Å². The number of carbonyl (C=O) groups is 2. The summed E-state index contributed by atoms with van der Waals surface area (Å²) in [5.41, 5.74) is 1.23. The molecule has 124 valence electrons. The maximum absolute atomic E-state index is 12.5. The van der Waals surface area contributed by atoms with E-state index in [-0.39, 0.29) is 17.5 Å². The van der Waals surface area contributed by atoms with E-state index in [1.54, 1.807) is 35.2 Å². The van der Waals surface area contributed by atoms with Crippen molar-refractivity contribution in [1.82, 2.24) is 9.88 Å². The first-order valence-corrected chi connectivity index (χ1v) is 7.91. The molecule has 7 heteroatoms.